The van der Waals surface area contributed by atoms with Gasteiger partial charge in [0, 0.05) is 6.20 Å². The van der Waals surface area contributed by atoms with Crippen LogP contribution in [0.3, 0.4) is 0 Å². The van der Waals surface area contributed by atoms with Gasteiger partial charge in [-0.1, -0.05) is 36.4 Å². The van der Waals surface area contributed by atoms with Gasteiger partial charge in [0.15, 0.2) is 0 Å². The lowest BCUT2D eigenvalue weighted by atomic mass is 10.2. The van der Waals surface area contributed by atoms with E-state index in [0.29, 0.717) is 13.2 Å². The van der Waals surface area contributed by atoms with E-state index in [4.69, 9.17) is 4.74 Å². The minimum absolute atomic E-state index is 0.133. The van der Waals surface area contributed by atoms with Gasteiger partial charge < -0.3 is 10.1 Å². The summed E-state index contributed by atoms with van der Waals surface area (Å²) >= 11 is 0. The molecule has 1 atom stereocenters. The molecule has 0 saturated heterocycles. The molecule has 4 nitrogen and oxygen atoms in total. The molecule has 0 spiro atoms. The summed E-state index contributed by atoms with van der Waals surface area (Å²) in [5.74, 6) is -0.133. The first-order valence-corrected chi connectivity index (χ1v) is 6.59. The Morgan fingerprint density at radius 2 is 1.95 bits per heavy atom. The Kier molecular flexibility index (Phi) is 5.26. The summed E-state index contributed by atoms with van der Waals surface area (Å²) < 4.78 is 5.55. The van der Waals surface area contributed by atoms with Crippen molar-refractivity contribution in [3.63, 3.8) is 0 Å². The molecule has 0 unspecified atom stereocenters. The fourth-order valence-electron chi connectivity index (χ4n) is 1.70. The van der Waals surface area contributed by atoms with Crippen molar-refractivity contribution in [1.29, 1.82) is 0 Å². The SMILES string of the molecule is C[C@H](OCc1ccccc1)C(=O)NCc1ccccn1. The number of nitrogens with one attached hydrogen (secondary N) is 1. The van der Waals surface area contributed by atoms with Gasteiger partial charge in [-0.3, -0.25) is 9.78 Å². The maximum atomic E-state index is 11.9. The van der Waals surface area contributed by atoms with E-state index in [-0.39, 0.29) is 5.91 Å². The van der Waals surface area contributed by atoms with Crippen LogP contribution in [0.2, 0.25) is 0 Å². The Morgan fingerprint density at radius 3 is 2.65 bits per heavy atom. The summed E-state index contributed by atoms with van der Waals surface area (Å²) in [7, 11) is 0. The summed E-state index contributed by atoms with van der Waals surface area (Å²) in [6, 6.07) is 15.4. The number of carbonyl (C=O) groups is 1. The summed E-state index contributed by atoms with van der Waals surface area (Å²) in [5, 5.41) is 2.81. The predicted molar refractivity (Wildman–Crippen MR) is 76.8 cm³/mol. The highest BCUT2D eigenvalue weighted by Crippen LogP contribution is 2.03. The van der Waals surface area contributed by atoms with Crippen molar-refractivity contribution in [2.75, 3.05) is 0 Å². The van der Waals surface area contributed by atoms with E-state index in [0.717, 1.165) is 11.3 Å². The molecule has 1 aromatic carbocycles. The zero-order chi connectivity index (χ0) is 14.2. The fourth-order valence-corrected chi connectivity index (χ4v) is 1.70. The van der Waals surface area contributed by atoms with Crippen molar-refractivity contribution in [1.82, 2.24) is 10.3 Å². The lowest BCUT2D eigenvalue weighted by Gasteiger charge is -2.13. The molecule has 0 aliphatic heterocycles. The highest BCUT2D eigenvalue weighted by atomic mass is 16.5. The number of rotatable bonds is 6. The van der Waals surface area contributed by atoms with Gasteiger partial charge in [-0.2, -0.15) is 0 Å². The van der Waals surface area contributed by atoms with Crippen molar-refractivity contribution >= 4 is 5.91 Å². The van der Waals surface area contributed by atoms with Crippen LogP contribution in [0, 0.1) is 0 Å². The number of nitrogens with zero attached hydrogens (tertiary/aromatic N) is 1. The number of hydrogen-bond donors (Lipinski definition) is 1. The predicted octanol–water partition coefficient (Wildman–Crippen LogP) is 2.30. The van der Waals surface area contributed by atoms with Crippen LogP contribution >= 0.6 is 0 Å². The van der Waals surface area contributed by atoms with E-state index in [9.17, 15) is 4.79 Å². The number of carbonyl (C=O) groups excluding carboxylic acids is 1. The van der Waals surface area contributed by atoms with E-state index in [1.807, 2.05) is 48.5 Å². The standard InChI is InChI=1S/C16H18N2O2/c1-13(20-12-14-7-3-2-4-8-14)16(19)18-11-15-9-5-6-10-17-15/h2-10,13H,11-12H2,1H3,(H,18,19)/t13-/m0/s1. The molecule has 0 saturated carbocycles. The second-order valence-corrected chi connectivity index (χ2v) is 4.48. The zero-order valence-corrected chi connectivity index (χ0v) is 11.5. The van der Waals surface area contributed by atoms with Gasteiger partial charge in [-0.05, 0) is 24.6 Å². The lowest BCUT2D eigenvalue weighted by Crippen LogP contribution is -2.34. The van der Waals surface area contributed by atoms with Gasteiger partial charge in [0.25, 0.3) is 0 Å². The van der Waals surface area contributed by atoms with Gasteiger partial charge in [-0.15, -0.1) is 0 Å². The Morgan fingerprint density at radius 1 is 1.20 bits per heavy atom. The quantitative estimate of drug-likeness (QED) is 0.876. The third-order valence-corrected chi connectivity index (χ3v) is 2.88. The molecule has 0 radical (unpaired) electrons. The van der Waals surface area contributed by atoms with E-state index < -0.39 is 6.10 Å². The smallest absolute Gasteiger partial charge is 0.249 e. The number of aromatic nitrogens is 1. The van der Waals surface area contributed by atoms with E-state index >= 15 is 0 Å². The van der Waals surface area contributed by atoms with Crippen LogP contribution in [-0.4, -0.2) is 17.0 Å². The van der Waals surface area contributed by atoms with Crippen molar-refractivity contribution in [2.45, 2.75) is 26.2 Å². The van der Waals surface area contributed by atoms with Crippen LogP contribution in [0.1, 0.15) is 18.2 Å². The Balaban J connectivity index is 1.75. The summed E-state index contributed by atoms with van der Waals surface area (Å²) in [5.41, 5.74) is 1.88. The molecular formula is C16H18N2O2. The van der Waals surface area contributed by atoms with E-state index in [1.165, 1.54) is 0 Å². The molecule has 2 aromatic rings. The van der Waals surface area contributed by atoms with E-state index in [2.05, 4.69) is 10.3 Å². The van der Waals surface area contributed by atoms with Gasteiger partial charge in [0.2, 0.25) is 5.91 Å². The van der Waals surface area contributed by atoms with Crippen LogP contribution in [-0.2, 0) is 22.7 Å². The van der Waals surface area contributed by atoms with Gasteiger partial charge in [-0.25, -0.2) is 0 Å². The largest absolute Gasteiger partial charge is 0.364 e. The topological polar surface area (TPSA) is 51.2 Å². The number of amides is 1. The van der Waals surface area contributed by atoms with Crippen LogP contribution in [0.25, 0.3) is 0 Å². The van der Waals surface area contributed by atoms with Gasteiger partial charge in [0.1, 0.15) is 6.10 Å². The van der Waals surface area contributed by atoms with Crippen molar-refractivity contribution in [2.24, 2.45) is 0 Å². The highest BCUT2D eigenvalue weighted by Gasteiger charge is 2.12. The first-order chi connectivity index (χ1) is 9.75. The van der Waals surface area contributed by atoms with Crippen LogP contribution in [0.4, 0.5) is 0 Å². The first kappa shape index (κ1) is 14.2. The fraction of sp³-hybridized carbons (Fsp3) is 0.250. The van der Waals surface area contributed by atoms with Gasteiger partial charge in [0.05, 0.1) is 18.8 Å². The molecule has 0 aliphatic rings. The zero-order valence-electron chi connectivity index (χ0n) is 11.5. The minimum Gasteiger partial charge on any atom is -0.364 e. The van der Waals surface area contributed by atoms with Crippen LogP contribution in [0.5, 0.6) is 0 Å². The summed E-state index contributed by atoms with van der Waals surface area (Å²) in [4.78, 5) is 16.0. The molecule has 0 fully saturated rings. The number of pyridine rings is 1. The maximum absolute atomic E-state index is 11.9. The Bertz CT molecular complexity index is 529. The molecule has 0 aliphatic carbocycles. The Hall–Kier alpha value is -2.20. The van der Waals surface area contributed by atoms with Crippen molar-refractivity contribution in [3.8, 4) is 0 Å². The summed E-state index contributed by atoms with van der Waals surface area (Å²) in [6.07, 6.45) is 1.22. The number of ether oxygens (including phenoxy) is 1. The molecule has 1 amide bonds. The molecule has 4 heteroatoms. The average molecular weight is 270 g/mol. The van der Waals surface area contributed by atoms with Crippen molar-refractivity contribution in [3.05, 3.63) is 66.0 Å². The van der Waals surface area contributed by atoms with Crippen LogP contribution in [0.15, 0.2) is 54.7 Å². The molecule has 1 N–H and O–H groups in total. The van der Waals surface area contributed by atoms with E-state index in [1.54, 1.807) is 13.1 Å². The molecule has 104 valence electrons. The highest BCUT2D eigenvalue weighted by molar-refractivity contribution is 5.80. The minimum atomic E-state index is -0.487. The third-order valence-electron chi connectivity index (χ3n) is 2.88. The molecule has 1 heterocycles. The molecule has 0 bridgehead atoms. The molecular weight excluding hydrogens is 252 g/mol. The molecule has 2 rings (SSSR count). The maximum Gasteiger partial charge on any atom is 0.249 e. The summed E-state index contributed by atoms with van der Waals surface area (Å²) in [6.45, 7) is 2.59. The number of benzene rings is 1. The van der Waals surface area contributed by atoms with Crippen molar-refractivity contribution < 1.29 is 9.53 Å². The average Bonchev–Trinajstić information content (AvgIpc) is 2.52. The van der Waals surface area contributed by atoms with Crippen LogP contribution < -0.4 is 5.32 Å². The first-order valence-electron chi connectivity index (χ1n) is 6.59. The molecule has 1 aromatic heterocycles. The van der Waals surface area contributed by atoms with Gasteiger partial charge >= 0.3 is 0 Å². The Labute approximate surface area is 118 Å². The second kappa shape index (κ2) is 7.40. The third kappa shape index (κ3) is 4.48. The molecule has 20 heavy (non-hydrogen) atoms. The monoisotopic (exact) mass is 270 g/mol. The normalized spacial score (nSPS) is 11.8. The number of hydrogen-bond acceptors (Lipinski definition) is 3. The second-order valence-electron chi connectivity index (χ2n) is 4.48. The lowest BCUT2D eigenvalue weighted by molar-refractivity contribution is -0.132.